The van der Waals surface area contributed by atoms with Gasteiger partial charge in [-0.3, -0.25) is 4.79 Å². The van der Waals surface area contributed by atoms with E-state index in [1.807, 2.05) is 0 Å². The topological polar surface area (TPSA) is 77.2 Å². The quantitative estimate of drug-likeness (QED) is 0.812. The van der Waals surface area contributed by atoms with Crippen molar-refractivity contribution < 1.29 is 14.1 Å². The maximum Gasteiger partial charge on any atom is 0.236 e. The standard InChI is InChI=1S/C11H15N3O3/c1-6-2-8(6)11-13-10(17-14-11)3-9(15)12-7-4-16-5-7/h6-8H,2-5H2,1H3,(H,12,15). The van der Waals surface area contributed by atoms with Crippen molar-refractivity contribution in [3.8, 4) is 0 Å². The van der Waals surface area contributed by atoms with Gasteiger partial charge in [-0.25, -0.2) is 0 Å². The van der Waals surface area contributed by atoms with Gasteiger partial charge in [0.25, 0.3) is 0 Å². The second kappa shape index (κ2) is 4.10. The molecule has 1 aromatic heterocycles. The fourth-order valence-corrected chi connectivity index (χ4v) is 1.91. The highest BCUT2D eigenvalue weighted by molar-refractivity contribution is 5.77. The van der Waals surface area contributed by atoms with Crippen LogP contribution in [0.2, 0.25) is 0 Å². The van der Waals surface area contributed by atoms with Gasteiger partial charge in [0.05, 0.1) is 19.3 Å². The summed E-state index contributed by atoms with van der Waals surface area (Å²) in [6, 6.07) is 0.147. The molecule has 3 rings (SSSR count). The van der Waals surface area contributed by atoms with Gasteiger partial charge in [0.15, 0.2) is 5.82 Å². The van der Waals surface area contributed by atoms with Crippen molar-refractivity contribution in [3.05, 3.63) is 11.7 Å². The molecular formula is C11H15N3O3. The second-order valence-electron chi connectivity index (χ2n) is 4.84. The van der Waals surface area contributed by atoms with E-state index in [0.717, 1.165) is 12.2 Å². The number of nitrogens with one attached hydrogen (secondary N) is 1. The average molecular weight is 237 g/mol. The fourth-order valence-electron chi connectivity index (χ4n) is 1.91. The first-order valence-corrected chi connectivity index (χ1v) is 5.92. The number of carbonyl (C=O) groups excluding carboxylic acids is 1. The summed E-state index contributed by atoms with van der Waals surface area (Å²) in [7, 11) is 0. The smallest absolute Gasteiger partial charge is 0.236 e. The normalized spacial score (nSPS) is 27.6. The molecule has 6 heteroatoms. The van der Waals surface area contributed by atoms with E-state index in [-0.39, 0.29) is 18.4 Å². The van der Waals surface area contributed by atoms with Gasteiger partial charge >= 0.3 is 0 Å². The summed E-state index contributed by atoms with van der Waals surface area (Å²) in [5.74, 6) is 2.12. The lowest BCUT2D eigenvalue weighted by Gasteiger charge is -2.26. The minimum absolute atomic E-state index is 0.0858. The Morgan fingerprint density at radius 1 is 1.53 bits per heavy atom. The molecule has 17 heavy (non-hydrogen) atoms. The summed E-state index contributed by atoms with van der Waals surface area (Å²) in [5, 5.41) is 6.74. The monoisotopic (exact) mass is 237 g/mol. The zero-order chi connectivity index (χ0) is 11.8. The maximum absolute atomic E-state index is 11.6. The van der Waals surface area contributed by atoms with E-state index >= 15 is 0 Å². The van der Waals surface area contributed by atoms with Crippen molar-refractivity contribution in [2.24, 2.45) is 5.92 Å². The molecule has 2 atom stereocenters. The van der Waals surface area contributed by atoms with E-state index in [9.17, 15) is 4.79 Å². The highest BCUT2D eigenvalue weighted by atomic mass is 16.5. The molecular weight excluding hydrogens is 222 g/mol. The van der Waals surface area contributed by atoms with E-state index in [0.29, 0.717) is 30.9 Å². The van der Waals surface area contributed by atoms with Gasteiger partial charge in [-0.15, -0.1) is 0 Å². The van der Waals surface area contributed by atoms with Crippen molar-refractivity contribution in [2.75, 3.05) is 13.2 Å². The van der Waals surface area contributed by atoms with Crippen molar-refractivity contribution in [1.29, 1.82) is 0 Å². The summed E-state index contributed by atoms with van der Waals surface area (Å²) < 4.78 is 10.0. The minimum atomic E-state index is -0.0858. The lowest BCUT2D eigenvalue weighted by atomic mass is 10.2. The Bertz CT molecular complexity index is 427. The largest absolute Gasteiger partial charge is 0.377 e. The summed E-state index contributed by atoms with van der Waals surface area (Å²) in [4.78, 5) is 15.8. The van der Waals surface area contributed by atoms with Gasteiger partial charge in [0.1, 0.15) is 6.42 Å². The number of aromatic nitrogens is 2. The zero-order valence-electron chi connectivity index (χ0n) is 9.68. The Morgan fingerprint density at radius 3 is 2.88 bits per heavy atom. The molecule has 1 aliphatic heterocycles. The first kappa shape index (κ1) is 10.7. The van der Waals surface area contributed by atoms with E-state index in [1.54, 1.807) is 0 Å². The van der Waals surface area contributed by atoms with E-state index < -0.39 is 0 Å². The third kappa shape index (κ3) is 2.31. The molecule has 2 aliphatic rings. The summed E-state index contributed by atoms with van der Waals surface area (Å²) in [6.45, 7) is 3.35. The Hall–Kier alpha value is -1.43. The molecule has 1 aromatic rings. The van der Waals surface area contributed by atoms with E-state index in [4.69, 9.17) is 9.26 Å². The van der Waals surface area contributed by atoms with Crippen LogP contribution in [0.3, 0.4) is 0 Å². The third-order valence-corrected chi connectivity index (χ3v) is 3.24. The lowest BCUT2D eigenvalue weighted by molar-refractivity contribution is -0.124. The molecule has 92 valence electrons. The SMILES string of the molecule is CC1CC1c1noc(CC(=O)NC2COC2)n1. The molecule has 6 nitrogen and oxygen atoms in total. The molecule has 2 heterocycles. The summed E-state index contributed by atoms with van der Waals surface area (Å²) in [5.41, 5.74) is 0. The molecule has 1 N–H and O–H groups in total. The Kier molecular flexibility index (Phi) is 2.58. The van der Waals surface area contributed by atoms with Gasteiger partial charge in [-0.2, -0.15) is 4.98 Å². The fraction of sp³-hybridized carbons (Fsp3) is 0.727. The minimum Gasteiger partial charge on any atom is -0.377 e. The second-order valence-corrected chi connectivity index (χ2v) is 4.84. The van der Waals surface area contributed by atoms with Crippen LogP contribution in [-0.4, -0.2) is 35.3 Å². The number of carbonyl (C=O) groups is 1. The van der Waals surface area contributed by atoms with Crippen LogP contribution in [-0.2, 0) is 16.0 Å². The third-order valence-electron chi connectivity index (χ3n) is 3.24. The van der Waals surface area contributed by atoms with Crippen LogP contribution >= 0.6 is 0 Å². The van der Waals surface area contributed by atoms with Crippen LogP contribution in [0.15, 0.2) is 4.52 Å². The Balaban J connectivity index is 1.53. The molecule has 2 unspecified atom stereocenters. The first-order chi connectivity index (χ1) is 8.22. The zero-order valence-corrected chi connectivity index (χ0v) is 9.68. The first-order valence-electron chi connectivity index (χ1n) is 5.92. The number of nitrogens with zero attached hydrogens (tertiary/aromatic N) is 2. The van der Waals surface area contributed by atoms with Crippen LogP contribution in [0.5, 0.6) is 0 Å². The average Bonchev–Trinajstić information content (AvgIpc) is 2.78. The molecule has 0 bridgehead atoms. The van der Waals surface area contributed by atoms with Crippen LogP contribution in [0.4, 0.5) is 0 Å². The molecule has 1 saturated carbocycles. The van der Waals surface area contributed by atoms with Crippen LogP contribution < -0.4 is 5.32 Å². The number of rotatable bonds is 4. The predicted molar refractivity (Wildman–Crippen MR) is 57.3 cm³/mol. The molecule has 0 aromatic carbocycles. The summed E-state index contributed by atoms with van der Waals surface area (Å²) in [6.07, 6.45) is 1.27. The molecule has 1 aliphatic carbocycles. The molecule has 1 amide bonds. The lowest BCUT2D eigenvalue weighted by Crippen LogP contribution is -2.49. The van der Waals surface area contributed by atoms with E-state index in [2.05, 4.69) is 22.4 Å². The highest BCUT2D eigenvalue weighted by Crippen LogP contribution is 2.45. The summed E-state index contributed by atoms with van der Waals surface area (Å²) >= 11 is 0. The van der Waals surface area contributed by atoms with Gasteiger partial charge in [0, 0.05) is 5.92 Å². The van der Waals surface area contributed by atoms with Crippen LogP contribution in [0.25, 0.3) is 0 Å². The van der Waals surface area contributed by atoms with Crippen molar-refractivity contribution in [2.45, 2.75) is 31.7 Å². The molecule has 0 spiro atoms. The van der Waals surface area contributed by atoms with Crippen molar-refractivity contribution in [1.82, 2.24) is 15.5 Å². The van der Waals surface area contributed by atoms with Gasteiger partial charge in [-0.1, -0.05) is 12.1 Å². The number of amides is 1. The van der Waals surface area contributed by atoms with Crippen LogP contribution in [0, 0.1) is 5.92 Å². The van der Waals surface area contributed by atoms with Gasteiger partial charge in [-0.05, 0) is 12.3 Å². The van der Waals surface area contributed by atoms with E-state index in [1.165, 1.54) is 0 Å². The number of hydrogen-bond donors (Lipinski definition) is 1. The molecule has 2 fully saturated rings. The Labute approximate surface area is 98.7 Å². The number of ether oxygens (including phenoxy) is 1. The van der Waals surface area contributed by atoms with Crippen LogP contribution in [0.1, 0.15) is 31.0 Å². The maximum atomic E-state index is 11.6. The van der Waals surface area contributed by atoms with Gasteiger partial charge < -0.3 is 14.6 Å². The molecule has 0 radical (unpaired) electrons. The van der Waals surface area contributed by atoms with Gasteiger partial charge in [0.2, 0.25) is 11.8 Å². The number of hydrogen-bond acceptors (Lipinski definition) is 5. The molecule has 1 saturated heterocycles. The van der Waals surface area contributed by atoms with Crippen molar-refractivity contribution in [3.63, 3.8) is 0 Å². The highest BCUT2D eigenvalue weighted by Gasteiger charge is 2.38. The Morgan fingerprint density at radius 2 is 2.29 bits per heavy atom. The van der Waals surface area contributed by atoms with Crippen molar-refractivity contribution >= 4 is 5.91 Å². The predicted octanol–water partition coefficient (Wildman–Crippen LogP) is 0.251.